The van der Waals surface area contributed by atoms with Crippen molar-refractivity contribution in [3.63, 3.8) is 0 Å². The smallest absolute Gasteiger partial charge is 0.303 e. The van der Waals surface area contributed by atoms with Crippen LogP contribution in [0, 0.1) is 30.1 Å². The van der Waals surface area contributed by atoms with E-state index >= 15 is 0 Å². The molecule has 3 aromatic rings. The molecule has 4 atom stereocenters. The molecule has 0 bridgehead atoms. The molecule has 0 spiro atoms. The summed E-state index contributed by atoms with van der Waals surface area (Å²) in [5, 5.41) is 44.0. The Kier molecular flexibility index (Phi) is 17.1. The van der Waals surface area contributed by atoms with Gasteiger partial charge < -0.3 is 42.2 Å². The van der Waals surface area contributed by atoms with Gasteiger partial charge in [0.1, 0.15) is 38.0 Å². The summed E-state index contributed by atoms with van der Waals surface area (Å²) in [5.41, 5.74) is 7.03. The van der Waals surface area contributed by atoms with Crippen LogP contribution in [0.3, 0.4) is 0 Å². The predicted octanol–water partition coefficient (Wildman–Crippen LogP) is 6.22. The second-order valence-corrected chi connectivity index (χ2v) is 23.6. The van der Waals surface area contributed by atoms with Gasteiger partial charge in [0.25, 0.3) is 0 Å². The van der Waals surface area contributed by atoms with E-state index in [1.807, 2.05) is 76.3 Å². The summed E-state index contributed by atoms with van der Waals surface area (Å²) in [5.74, 6) is -4.64. The van der Waals surface area contributed by atoms with Crippen LogP contribution in [0.2, 0.25) is 13.1 Å². The molecule has 5 rings (SSSR count). The van der Waals surface area contributed by atoms with Crippen molar-refractivity contribution < 1.29 is 39.0 Å². The van der Waals surface area contributed by atoms with E-state index in [-0.39, 0.29) is 43.3 Å². The van der Waals surface area contributed by atoms with Crippen molar-refractivity contribution in [3.8, 4) is 5.75 Å². The summed E-state index contributed by atoms with van der Waals surface area (Å²) in [6.45, 7) is 17.6. The number of aliphatic carboxylic acids is 1. The SMILES string of the molecule is Cc1ccccc1C1=C2C=CC(=N)C=C2[Si](C)(C)c2cc(NC(=O)[C@H](Cc3ccc(O)cc3)NC(=O)[C@@H](NC(=O)[C@H](CC(C)C)NC(=O)[C@H](CC(C)C)NC(=O)CCC(=O)O)C(C)C)ccc21. The largest absolute Gasteiger partial charge is 0.508 e. The predicted molar refractivity (Wildman–Crippen MR) is 264 cm³/mol. The summed E-state index contributed by atoms with van der Waals surface area (Å²) in [6, 6.07) is 16.0. The Bertz CT molecular complexity index is 2490. The number of carboxylic acids is 1. The zero-order valence-electron chi connectivity index (χ0n) is 40.0. The Balaban J connectivity index is 1.41. The molecule has 1 aliphatic heterocycles. The van der Waals surface area contributed by atoms with E-state index in [0.717, 1.165) is 38.2 Å². The normalized spacial score (nSPS) is 15.7. The number of benzene rings is 3. The molecule has 0 aromatic heterocycles. The molecule has 0 saturated heterocycles. The second kappa shape index (κ2) is 22.3. The summed E-state index contributed by atoms with van der Waals surface area (Å²) in [4.78, 5) is 80.2. The minimum Gasteiger partial charge on any atom is -0.508 e. The fraction of sp³-hybridized carbons (Fsp3) is 0.404. The van der Waals surface area contributed by atoms with Crippen LogP contribution in [0.4, 0.5) is 5.69 Å². The van der Waals surface area contributed by atoms with Gasteiger partial charge in [-0.25, -0.2) is 0 Å². The molecule has 0 unspecified atom stereocenters. The molecule has 14 nitrogen and oxygen atoms in total. The topological polar surface area (TPSA) is 227 Å². The van der Waals surface area contributed by atoms with E-state index in [9.17, 15) is 33.9 Å². The highest BCUT2D eigenvalue weighted by molar-refractivity contribution is 6.98. The highest BCUT2D eigenvalue weighted by Gasteiger charge is 2.40. The average Bonchev–Trinajstić information content (AvgIpc) is 3.25. The zero-order valence-corrected chi connectivity index (χ0v) is 41.0. The first-order valence-electron chi connectivity index (χ1n) is 23.0. The zero-order chi connectivity index (χ0) is 49.3. The minimum atomic E-state index is -2.45. The number of nitrogens with one attached hydrogen (secondary N) is 6. The third-order valence-electron chi connectivity index (χ3n) is 12.1. The number of carbonyl (C=O) groups excluding carboxylic acids is 5. The van der Waals surface area contributed by atoms with Crippen LogP contribution in [0.1, 0.15) is 89.5 Å². The molecular formula is C52H66N6O8Si. The first-order valence-corrected chi connectivity index (χ1v) is 26.0. The molecule has 15 heteroatoms. The van der Waals surface area contributed by atoms with Gasteiger partial charge in [0.2, 0.25) is 29.5 Å². The Morgan fingerprint density at radius 1 is 0.687 bits per heavy atom. The molecule has 356 valence electrons. The van der Waals surface area contributed by atoms with Crippen LogP contribution in [-0.2, 0) is 35.2 Å². The molecule has 2 aliphatic rings. The van der Waals surface area contributed by atoms with Gasteiger partial charge in [-0.15, -0.1) is 0 Å². The maximum atomic E-state index is 14.5. The summed E-state index contributed by atoms with van der Waals surface area (Å²) >= 11 is 0. The number of allylic oxidation sites excluding steroid dienone is 5. The first kappa shape index (κ1) is 51.4. The molecule has 1 heterocycles. The van der Waals surface area contributed by atoms with Gasteiger partial charge in [-0.1, -0.05) is 103 Å². The Morgan fingerprint density at radius 3 is 1.91 bits per heavy atom. The Labute approximate surface area is 394 Å². The monoisotopic (exact) mass is 930 g/mol. The Hall–Kier alpha value is -6.61. The number of carbonyl (C=O) groups is 6. The van der Waals surface area contributed by atoms with Crippen molar-refractivity contribution in [3.05, 3.63) is 118 Å². The number of phenols is 1. The highest BCUT2D eigenvalue weighted by Crippen LogP contribution is 2.42. The number of phenolic OH excluding ortho intramolecular Hbond substituents is 1. The number of rotatable bonds is 20. The quantitative estimate of drug-likeness (QED) is 0.0606. The van der Waals surface area contributed by atoms with Gasteiger partial charge in [0.05, 0.1) is 12.1 Å². The average molecular weight is 931 g/mol. The van der Waals surface area contributed by atoms with Crippen molar-refractivity contribution in [2.75, 3.05) is 5.32 Å². The lowest BCUT2D eigenvalue weighted by Crippen LogP contribution is -2.59. The Morgan fingerprint density at radius 2 is 1.30 bits per heavy atom. The highest BCUT2D eigenvalue weighted by atomic mass is 28.3. The van der Waals surface area contributed by atoms with E-state index in [2.05, 4.69) is 58.7 Å². The maximum absolute atomic E-state index is 14.5. The van der Waals surface area contributed by atoms with Crippen molar-refractivity contribution in [2.24, 2.45) is 17.8 Å². The number of anilines is 1. The number of aromatic hydroxyl groups is 1. The lowest BCUT2D eigenvalue weighted by atomic mass is 9.87. The molecule has 0 fully saturated rings. The van der Waals surface area contributed by atoms with Crippen molar-refractivity contribution in [1.82, 2.24) is 21.3 Å². The van der Waals surface area contributed by atoms with Crippen LogP contribution in [-0.4, -0.2) is 83.7 Å². The van der Waals surface area contributed by atoms with E-state index in [4.69, 9.17) is 10.5 Å². The van der Waals surface area contributed by atoms with Crippen LogP contribution >= 0.6 is 0 Å². The van der Waals surface area contributed by atoms with Gasteiger partial charge in [-0.3, -0.25) is 28.8 Å². The molecule has 5 amide bonds. The van der Waals surface area contributed by atoms with Crippen LogP contribution in [0.15, 0.2) is 95.7 Å². The number of hydrogen-bond donors (Lipinski definition) is 8. The molecule has 0 radical (unpaired) electrons. The minimum absolute atomic E-state index is 0.0277. The van der Waals surface area contributed by atoms with Crippen LogP contribution in [0.25, 0.3) is 5.57 Å². The van der Waals surface area contributed by atoms with E-state index in [0.29, 0.717) is 17.0 Å². The standard InChI is InChI=1S/C52H66N6O8Si/c1-29(2)24-40(55-45(60)22-23-46(61)62)50(64)56-41(25-30(3)4)51(65)58-48(31(5)6)52(66)57-42(26-33-14-18-36(59)19-15-33)49(63)54-35-17-21-39-44(28-35)67(8,9)43-27-34(53)16-20-38(43)47(39)37-13-11-10-12-32(37)7/h10-21,27-31,40-42,48,53,59H,22-26H2,1-9H3,(H,54,63)(H,55,60)(H,56,64)(H,57,66)(H,58,65)(H,61,62)/t40-,41-,42-,48-/m0/s1. The first-order chi connectivity index (χ1) is 31.5. The van der Waals surface area contributed by atoms with Gasteiger partial charge >= 0.3 is 5.97 Å². The van der Waals surface area contributed by atoms with Crippen LogP contribution < -0.4 is 31.8 Å². The van der Waals surface area contributed by atoms with Crippen molar-refractivity contribution in [1.29, 1.82) is 5.41 Å². The van der Waals surface area contributed by atoms with E-state index in [1.165, 1.54) is 12.1 Å². The maximum Gasteiger partial charge on any atom is 0.303 e. The summed E-state index contributed by atoms with van der Waals surface area (Å²) in [6.07, 6.45) is 5.60. The van der Waals surface area contributed by atoms with E-state index in [1.54, 1.807) is 26.0 Å². The lowest BCUT2D eigenvalue weighted by molar-refractivity contribution is -0.139. The van der Waals surface area contributed by atoms with Crippen molar-refractivity contribution in [2.45, 2.75) is 118 Å². The van der Waals surface area contributed by atoms with Gasteiger partial charge in [-0.2, -0.15) is 0 Å². The van der Waals surface area contributed by atoms with E-state index < -0.39 is 80.1 Å². The summed E-state index contributed by atoms with van der Waals surface area (Å²) < 4.78 is 0. The van der Waals surface area contributed by atoms with Gasteiger partial charge in [0.15, 0.2) is 0 Å². The number of carboxylic acid groups (broad SMARTS) is 1. The molecule has 67 heavy (non-hydrogen) atoms. The molecule has 8 N–H and O–H groups in total. The van der Waals surface area contributed by atoms with Crippen LogP contribution in [0.5, 0.6) is 5.75 Å². The summed E-state index contributed by atoms with van der Waals surface area (Å²) in [7, 11) is -2.45. The van der Waals surface area contributed by atoms with Gasteiger partial charge in [0, 0.05) is 18.5 Å². The number of aryl methyl sites for hydroxylation is 1. The molecular weight excluding hydrogens is 865 g/mol. The second-order valence-electron chi connectivity index (χ2n) is 19.3. The van der Waals surface area contributed by atoms with Crippen molar-refractivity contribution >= 4 is 65.7 Å². The third kappa shape index (κ3) is 13.3. The number of fused-ring (bicyclic) bond motifs is 2. The van der Waals surface area contributed by atoms with Gasteiger partial charge in [-0.05, 0) is 118 Å². The molecule has 0 saturated carbocycles. The third-order valence-corrected chi connectivity index (χ3v) is 15.6. The lowest BCUT2D eigenvalue weighted by Gasteiger charge is -2.38. The number of amides is 5. The molecule has 1 aliphatic carbocycles. The fourth-order valence-electron chi connectivity index (χ4n) is 8.59. The number of hydrogen-bond acceptors (Lipinski definition) is 8. The molecule has 3 aromatic carbocycles. The fourth-order valence-corrected chi connectivity index (χ4v) is 11.7.